The first-order valence-corrected chi connectivity index (χ1v) is 4.84. The number of esters is 1. The topological polar surface area (TPSA) is 82.1 Å². The van der Waals surface area contributed by atoms with Crippen molar-refractivity contribution in [1.82, 2.24) is 0 Å². The lowest BCUT2D eigenvalue weighted by atomic mass is 10.3. The Hall–Kier alpha value is -1.66. The summed E-state index contributed by atoms with van der Waals surface area (Å²) in [6.07, 6.45) is -1.09. The van der Waals surface area contributed by atoms with Gasteiger partial charge in [0, 0.05) is 11.1 Å². The van der Waals surface area contributed by atoms with Crippen LogP contribution >= 0.6 is 0 Å². The largest absolute Gasteiger partial charge is 0.459 e. The summed E-state index contributed by atoms with van der Waals surface area (Å²) in [7, 11) is 0. The van der Waals surface area contributed by atoms with Crippen molar-refractivity contribution in [3.63, 3.8) is 0 Å². The number of hydrogen-bond acceptors (Lipinski definition) is 6. The third kappa shape index (κ3) is 7.26. The number of ether oxygens (including phenoxy) is 1. The summed E-state index contributed by atoms with van der Waals surface area (Å²) in [5, 5.41) is 9.29. The molecule has 0 heterocycles. The monoisotopic (exact) mass is 244 g/mol. The Balaban J connectivity index is 3.70. The fraction of sp³-hybridized carbons (Fsp3) is 0.455. The molecule has 1 unspecified atom stereocenters. The number of rotatable bonds is 7. The molecule has 1 atom stereocenters. The highest BCUT2D eigenvalue weighted by molar-refractivity contribution is 5.87. The smallest absolute Gasteiger partial charge is 0.368 e. The van der Waals surface area contributed by atoms with E-state index < -0.39 is 18.0 Å². The van der Waals surface area contributed by atoms with Crippen molar-refractivity contribution < 1.29 is 29.2 Å². The fourth-order valence-corrected chi connectivity index (χ4v) is 0.580. The number of aliphatic hydroxyl groups is 1. The lowest BCUT2D eigenvalue weighted by Crippen LogP contribution is -2.24. The summed E-state index contributed by atoms with van der Waals surface area (Å²) in [6.45, 7) is 9.08. The Morgan fingerprint density at radius 1 is 1.12 bits per heavy atom. The van der Waals surface area contributed by atoms with E-state index in [0.717, 1.165) is 0 Å². The maximum atomic E-state index is 10.9. The Kier molecular flexibility index (Phi) is 6.85. The van der Waals surface area contributed by atoms with Gasteiger partial charge in [0.2, 0.25) is 0 Å². The summed E-state index contributed by atoms with van der Waals surface area (Å²) < 4.78 is 4.64. The van der Waals surface area contributed by atoms with Gasteiger partial charge in [0.15, 0.2) is 0 Å². The maximum Gasteiger partial charge on any atom is 0.368 e. The van der Waals surface area contributed by atoms with Gasteiger partial charge in [-0.2, -0.15) is 4.89 Å². The van der Waals surface area contributed by atoms with Crippen LogP contribution < -0.4 is 0 Å². The van der Waals surface area contributed by atoms with E-state index in [1.807, 2.05) is 0 Å². The number of aliphatic hydroxyl groups excluding tert-OH is 1. The maximum absolute atomic E-state index is 10.9. The normalized spacial score (nSPS) is 11.5. The molecule has 0 spiro atoms. The zero-order valence-electron chi connectivity index (χ0n) is 9.89. The fourth-order valence-electron chi connectivity index (χ4n) is 0.580. The summed E-state index contributed by atoms with van der Waals surface area (Å²) in [5.41, 5.74) is 0.403. The predicted molar refractivity (Wildman–Crippen MR) is 58.6 cm³/mol. The summed E-state index contributed by atoms with van der Waals surface area (Å²) in [5.74, 6) is -1.33. The quantitative estimate of drug-likeness (QED) is 0.304. The van der Waals surface area contributed by atoms with Crippen molar-refractivity contribution >= 4 is 11.9 Å². The summed E-state index contributed by atoms with van der Waals surface area (Å²) in [4.78, 5) is 30.5. The van der Waals surface area contributed by atoms with Crippen molar-refractivity contribution in [2.75, 3.05) is 13.2 Å². The molecule has 0 aliphatic heterocycles. The molecule has 6 nitrogen and oxygen atoms in total. The van der Waals surface area contributed by atoms with Crippen LogP contribution in [0.1, 0.15) is 13.8 Å². The lowest BCUT2D eigenvalue weighted by Gasteiger charge is -2.10. The van der Waals surface area contributed by atoms with Crippen LogP contribution in [0.15, 0.2) is 24.3 Å². The minimum atomic E-state index is -1.09. The van der Waals surface area contributed by atoms with E-state index in [2.05, 4.69) is 27.7 Å². The zero-order chi connectivity index (χ0) is 13.4. The van der Waals surface area contributed by atoms with E-state index >= 15 is 0 Å². The molecule has 0 aromatic rings. The van der Waals surface area contributed by atoms with E-state index in [-0.39, 0.29) is 24.4 Å². The highest BCUT2D eigenvalue weighted by Crippen LogP contribution is 1.97. The second-order valence-electron chi connectivity index (χ2n) is 3.47. The lowest BCUT2D eigenvalue weighted by molar-refractivity contribution is -0.279. The van der Waals surface area contributed by atoms with Crippen molar-refractivity contribution in [2.45, 2.75) is 20.0 Å². The van der Waals surface area contributed by atoms with Crippen molar-refractivity contribution in [3.8, 4) is 0 Å². The number of carbonyl (C=O) groups excluding carboxylic acids is 2. The zero-order valence-corrected chi connectivity index (χ0v) is 9.89. The predicted octanol–water partition coefficient (Wildman–Crippen LogP) is 0.517. The van der Waals surface area contributed by atoms with Gasteiger partial charge in [-0.25, -0.2) is 9.59 Å². The van der Waals surface area contributed by atoms with E-state index in [1.165, 1.54) is 13.8 Å². The van der Waals surface area contributed by atoms with Gasteiger partial charge in [-0.1, -0.05) is 13.2 Å². The molecule has 0 aromatic carbocycles. The molecule has 0 rings (SSSR count). The van der Waals surface area contributed by atoms with Crippen molar-refractivity contribution in [3.05, 3.63) is 24.3 Å². The molecule has 0 saturated carbocycles. The van der Waals surface area contributed by atoms with Gasteiger partial charge in [-0.15, -0.1) is 0 Å². The molecule has 0 aromatic heterocycles. The molecule has 0 radical (unpaired) electrons. The van der Waals surface area contributed by atoms with Crippen LogP contribution in [0, 0.1) is 0 Å². The first kappa shape index (κ1) is 15.3. The van der Waals surface area contributed by atoms with Gasteiger partial charge in [0.05, 0.1) is 0 Å². The Bertz CT molecular complexity index is 320. The van der Waals surface area contributed by atoms with Crippen LogP contribution in [0.25, 0.3) is 0 Å². The third-order valence-corrected chi connectivity index (χ3v) is 1.50. The molecule has 0 amide bonds. The van der Waals surface area contributed by atoms with Crippen LogP contribution in [0.4, 0.5) is 0 Å². The first-order chi connectivity index (χ1) is 7.84. The molecule has 1 N–H and O–H groups in total. The second kappa shape index (κ2) is 7.59. The van der Waals surface area contributed by atoms with Crippen LogP contribution in [0.2, 0.25) is 0 Å². The summed E-state index contributed by atoms with van der Waals surface area (Å²) >= 11 is 0. The van der Waals surface area contributed by atoms with Gasteiger partial charge < -0.3 is 9.84 Å². The SMILES string of the molecule is C=C(C)C(=O)OCC(O)COOC(=O)C(=C)C. The van der Waals surface area contributed by atoms with Gasteiger partial charge >= 0.3 is 11.9 Å². The molecule has 0 saturated heterocycles. The highest BCUT2D eigenvalue weighted by atomic mass is 17.2. The average Bonchev–Trinajstić information content (AvgIpc) is 2.25. The second-order valence-corrected chi connectivity index (χ2v) is 3.47. The molecular weight excluding hydrogens is 228 g/mol. The van der Waals surface area contributed by atoms with Crippen molar-refractivity contribution in [1.29, 1.82) is 0 Å². The first-order valence-electron chi connectivity index (χ1n) is 4.84. The molecule has 17 heavy (non-hydrogen) atoms. The molecule has 96 valence electrons. The van der Waals surface area contributed by atoms with E-state index in [0.29, 0.717) is 0 Å². The van der Waals surface area contributed by atoms with Crippen LogP contribution in [0.3, 0.4) is 0 Å². The minimum Gasteiger partial charge on any atom is -0.459 e. The Labute approximate surface area is 99.4 Å². The van der Waals surface area contributed by atoms with Crippen LogP contribution in [-0.2, 0) is 24.1 Å². The molecule has 0 aliphatic carbocycles. The van der Waals surface area contributed by atoms with Crippen LogP contribution in [-0.4, -0.2) is 36.4 Å². The third-order valence-electron chi connectivity index (χ3n) is 1.50. The van der Waals surface area contributed by atoms with Crippen LogP contribution in [0.5, 0.6) is 0 Å². The average molecular weight is 244 g/mol. The standard InChI is InChI=1S/C11H16O6/c1-7(2)10(13)15-5-9(12)6-16-17-11(14)8(3)4/h9,12H,1,3,5-6H2,2,4H3. The Morgan fingerprint density at radius 2 is 1.65 bits per heavy atom. The summed E-state index contributed by atoms with van der Waals surface area (Å²) in [6, 6.07) is 0. The van der Waals surface area contributed by atoms with E-state index in [1.54, 1.807) is 0 Å². The Morgan fingerprint density at radius 3 is 2.12 bits per heavy atom. The van der Waals surface area contributed by atoms with Crippen molar-refractivity contribution in [2.24, 2.45) is 0 Å². The molecule has 0 aliphatic rings. The van der Waals surface area contributed by atoms with Gasteiger partial charge in [-0.05, 0) is 13.8 Å². The molecular formula is C11H16O6. The molecule has 6 heteroatoms. The highest BCUT2D eigenvalue weighted by Gasteiger charge is 2.11. The molecule has 0 fully saturated rings. The van der Waals surface area contributed by atoms with E-state index in [9.17, 15) is 14.7 Å². The van der Waals surface area contributed by atoms with E-state index in [4.69, 9.17) is 0 Å². The molecule has 0 bridgehead atoms. The number of carbonyl (C=O) groups is 2. The van der Waals surface area contributed by atoms with Gasteiger partial charge in [-0.3, -0.25) is 4.89 Å². The van der Waals surface area contributed by atoms with Gasteiger partial charge in [0.1, 0.15) is 19.3 Å². The number of hydrogen-bond donors (Lipinski definition) is 1. The minimum absolute atomic E-state index is 0.174. The van der Waals surface area contributed by atoms with Gasteiger partial charge in [0.25, 0.3) is 0 Å².